The van der Waals surface area contributed by atoms with Crippen LogP contribution in [0.3, 0.4) is 0 Å². The highest BCUT2D eigenvalue weighted by atomic mass is 16.5. The standard InChI is InChI=1S/C17H27NO3/c1-19-10-11-20-12-13-21-14-16-5-3-2-4-15(16)8-9-18-17-6-7-17/h2-5,17-18H,6-14H2,1H3. The number of methoxy groups -OCH3 is 1. The minimum atomic E-state index is 0.620. The Labute approximate surface area is 127 Å². The van der Waals surface area contributed by atoms with Crippen molar-refractivity contribution in [1.82, 2.24) is 5.32 Å². The molecule has 0 bridgehead atoms. The molecule has 118 valence electrons. The molecule has 1 aliphatic carbocycles. The molecule has 2 rings (SSSR count). The third kappa shape index (κ3) is 7.05. The monoisotopic (exact) mass is 293 g/mol. The van der Waals surface area contributed by atoms with Crippen molar-refractivity contribution >= 4 is 0 Å². The highest BCUT2D eigenvalue weighted by molar-refractivity contribution is 5.26. The average Bonchev–Trinajstić information content (AvgIpc) is 3.32. The van der Waals surface area contributed by atoms with E-state index in [4.69, 9.17) is 14.2 Å². The van der Waals surface area contributed by atoms with E-state index in [9.17, 15) is 0 Å². The SMILES string of the molecule is COCCOCCOCc1ccccc1CCNC1CC1. The maximum Gasteiger partial charge on any atom is 0.0720 e. The molecule has 0 atom stereocenters. The predicted molar refractivity (Wildman–Crippen MR) is 83.5 cm³/mol. The second kappa shape index (κ2) is 9.90. The van der Waals surface area contributed by atoms with E-state index < -0.39 is 0 Å². The lowest BCUT2D eigenvalue weighted by atomic mass is 10.1. The van der Waals surface area contributed by atoms with Crippen molar-refractivity contribution in [3.8, 4) is 0 Å². The molecule has 4 nitrogen and oxygen atoms in total. The molecule has 0 spiro atoms. The number of benzene rings is 1. The molecule has 0 unspecified atom stereocenters. The summed E-state index contributed by atoms with van der Waals surface area (Å²) in [5.74, 6) is 0. The van der Waals surface area contributed by atoms with Gasteiger partial charge >= 0.3 is 0 Å². The van der Waals surface area contributed by atoms with Gasteiger partial charge in [-0.25, -0.2) is 0 Å². The summed E-state index contributed by atoms with van der Waals surface area (Å²) in [6.45, 7) is 4.22. The summed E-state index contributed by atoms with van der Waals surface area (Å²) in [7, 11) is 1.68. The summed E-state index contributed by atoms with van der Waals surface area (Å²) in [6, 6.07) is 9.30. The van der Waals surface area contributed by atoms with Crippen LogP contribution in [0, 0.1) is 0 Å². The van der Waals surface area contributed by atoms with Crippen LogP contribution in [0.15, 0.2) is 24.3 Å². The quantitative estimate of drug-likeness (QED) is 0.600. The molecular weight excluding hydrogens is 266 g/mol. The van der Waals surface area contributed by atoms with Crippen molar-refractivity contribution < 1.29 is 14.2 Å². The second-order valence-corrected chi connectivity index (χ2v) is 5.40. The van der Waals surface area contributed by atoms with Crippen LogP contribution < -0.4 is 5.32 Å². The van der Waals surface area contributed by atoms with Crippen LogP contribution in [-0.4, -0.2) is 46.1 Å². The van der Waals surface area contributed by atoms with Gasteiger partial charge in [0, 0.05) is 13.2 Å². The first-order valence-corrected chi connectivity index (χ1v) is 7.84. The van der Waals surface area contributed by atoms with Crippen LogP contribution in [0.1, 0.15) is 24.0 Å². The Morgan fingerprint density at radius 3 is 2.48 bits per heavy atom. The Morgan fingerprint density at radius 1 is 1.00 bits per heavy atom. The van der Waals surface area contributed by atoms with Gasteiger partial charge in [-0.3, -0.25) is 0 Å². The van der Waals surface area contributed by atoms with Gasteiger partial charge in [0.2, 0.25) is 0 Å². The van der Waals surface area contributed by atoms with E-state index in [1.165, 1.54) is 24.0 Å². The van der Waals surface area contributed by atoms with Gasteiger partial charge in [0.25, 0.3) is 0 Å². The van der Waals surface area contributed by atoms with Crippen molar-refractivity contribution in [3.05, 3.63) is 35.4 Å². The summed E-state index contributed by atoms with van der Waals surface area (Å²) >= 11 is 0. The summed E-state index contributed by atoms with van der Waals surface area (Å²) in [4.78, 5) is 0. The molecule has 0 amide bonds. The molecule has 1 saturated carbocycles. The van der Waals surface area contributed by atoms with E-state index >= 15 is 0 Å². The first-order chi connectivity index (χ1) is 10.4. The van der Waals surface area contributed by atoms with Gasteiger partial charge in [-0.15, -0.1) is 0 Å². The highest BCUT2D eigenvalue weighted by Gasteiger charge is 2.19. The molecule has 1 fully saturated rings. The molecular formula is C17H27NO3. The molecule has 0 aromatic heterocycles. The zero-order valence-electron chi connectivity index (χ0n) is 13.0. The van der Waals surface area contributed by atoms with Gasteiger partial charge in [-0.2, -0.15) is 0 Å². The van der Waals surface area contributed by atoms with Gasteiger partial charge in [0.15, 0.2) is 0 Å². The topological polar surface area (TPSA) is 39.7 Å². The lowest BCUT2D eigenvalue weighted by Crippen LogP contribution is -2.19. The first kappa shape index (κ1) is 16.4. The molecule has 4 heteroatoms. The van der Waals surface area contributed by atoms with Crippen LogP contribution in [-0.2, 0) is 27.2 Å². The van der Waals surface area contributed by atoms with Gasteiger partial charge < -0.3 is 19.5 Å². The van der Waals surface area contributed by atoms with Crippen molar-refractivity contribution in [2.75, 3.05) is 40.1 Å². The molecule has 1 N–H and O–H groups in total. The van der Waals surface area contributed by atoms with Crippen molar-refractivity contribution in [1.29, 1.82) is 0 Å². The highest BCUT2D eigenvalue weighted by Crippen LogP contribution is 2.18. The second-order valence-electron chi connectivity index (χ2n) is 5.40. The number of nitrogens with one attached hydrogen (secondary N) is 1. The van der Waals surface area contributed by atoms with Crippen LogP contribution in [0.2, 0.25) is 0 Å². The first-order valence-electron chi connectivity index (χ1n) is 7.84. The number of rotatable bonds is 12. The predicted octanol–water partition coefficient (Wildman–Crippen LogP) is 2.16. The van der Waals surface area contributed by atoms with Gasteiger partial charge in [-0.05, 0) is 36.9 Å². The molecule has 1 aromatic rings. The number of hydrogen-bond acceptors (Lipinski definition) is 4. The molecule has 0 radical (unpaired) electrons. The molecule has 0 aliphatic heterocycles. The van der Waals surface area contributed by atoms with E-state index in [0.29, 0.717) is 33.0 Å². The van der Waals surface area contributed by atoms with E-state index in [-0.39, 0.29) is 0 Å². The maximum atomic E-state index is 5.69. The number of hydrogen-bond donors (Lipinski definition) is 1. The minimum absolute atomic E-state index is 0.620. The Kier molecular flexibility index (Phi) is 7.75. The van der Waals surface area contributed by atoms with Crippen molar-refractivity contribution in [2.24, 2.45) is 0 Å². The largest absolute Gasteiger partial charge is 0.382 e. The zero-order valence-corrected chi connectivity index (χ0v) is 13.0. The molecule has 0 saturated heterocycles. The number of ether oxygens (including phenoxy) is 3. The summed E-state index contributed by atoms with van der Waals surface area (Å²) in [5.41, 5.74) is 2.66. The van der Waals surface area contributed by atoms with E-state index in [0.717, 1.165) is 19.0 Å². The Balaban J connectivity index is 1.61. The minimum Gasteiger partial charge on any atom is -0.382 e. The van der Waals surface area contributed by atoms with E-state index in [1.807, 2.05) is 0 Å². The van der Waals surface area contributed by atoms with Crippen LogP contribution in [0.5, 0.6) is 0 Å². The average molecular weight is 293 g/mol. The zero-order chi connectivity index (χ0) is 14.8. The van der Waals surface area contributed by atoms with Crippen LogP contribution >= 0.6 is 0 Å². The summed E-state index contributed by atoms with van der Waals surface area (Å²) < 4.78 is 16.0. The van der Waals surface area contributed by atoms with Crippen LogP contribution in [0.4, 0.5) is 0 Å². The van der Waals surface area contributed by atoms with Crippen LogP contribution in [0.25, 0.3) is 0 Å². The van der Waals surface area contributed by atoms with Crippen molar-refractivity contribution in [3.63, 3.8) is 0 Å². The maximum absolute atomic E-state index is 5.69. The fourth-order valence-corrected chi connectivity index (χ4v) is 2.18. The van der Waals surface area contributed by atoms with Crippen molar-refractivity contribution in [2.45, 2.75) is 31.9 Å². The smallest absolute Gasteiger partial charge is 0.0720 e. The van der Waals surface area contributed by atoms with Gasteiger partial charge in [-0.1, -0.05) is 24.3 Å². The fourth-order valence-electron chi connectivity index (χ4n) is 2.18. The molecule has 1 aliphatic rings. The Hall–Kier alpha value is -0.940. The molecule has 0 heterocycles. The molecule has 21 heavy (non-hydrogen) atoms. The van der Waals surface area contributed by atoms with Gasteiger partial charge in [0.05, 0.1) is 33.0 Å². The summed E-state index contributed by atoms with van der Waals surface area (Å²) in [5, 5.41) is 3.56. The molecule has 1 aromatic carbocycles. The third-order valence-corrected chi connectivity index (χ3v) is 3.58. The Morgan fingerprint density at radius 2 is 1.71 bits per heavy atom. The third-order valence-electron chi connectivity index (χ3n) is 3.58. The lowest BCUT2D eigenvalue weighted by molar-refractivity contribution is 0.0198. The van der Waals surface area contributed by atoms with E-state index in [2.05, 4.69) is 29.6 Å². The summed E-state index contributed by atoms with van der Waals surface area (Å²) in [6.07, 6.45) is 3.75. The fraction of sp³-hybridized carbons (Fsp3) is 0.647. The Bertz CT molecular complexity index is 393. The normalized spacial score (nSPS) is 14.5. The lowest BCUT2D eigenvalue weighted by Gasteiger charge is -2.11. The van der Waals surface area contributed by atoms with Gasteiger partial charge in [0.1, 0.15) is 0 Å². The van der Waals surface area contributed by atoms with E-state index in [1.54, 1.807) is 7.11 Å².